The van der Waals surface area contributed by atoms with E-state index in [2.05, 4.69) is 9.44 Å². The number of hydrogen-bond donors (Lipinski definition) is 2. The van der Waals surface area contributed by atoms with Gasteiger partial charge in [0, 0.05) is 0 Å². The van der Waals surface area contributed by atoms with Gasteiger partial charge in [0.15, 0.2) is 0 Å². The third-order valence-electron chi connectivity index (χ3n) is 4.21. The number of hydrogen-bond acceptors (Lipinski definition) is 4. The largest absolute Gasteiger partial charge is 0.278 e. The molecule has 3 aromatic carbocycles. The van der Waals surface area contributed by atoms with Crippen molar-refractivity contribution >= 4 is 54.6 Å². The molecule has 0 fully saturated rings. The SMILES string of the molecule is Cc1ccc(S(=O)(=O)Nc2cc(Cl)c(NS(=O)(=O)c3ccc(C)cc3)cc2Cl)cc1. The molecule has 0 heterocycles. The van der Waals surface area contributed by atoms with Crippen molar-refractivity contribution in [2.24, 2.45) is 0 Å². The second kappa shape index (κ2) is 8.47. The molecule has 0 aliphatic rings. The lowest BCUT2D eigenvalue weighted by atomic mass is 10.2. The van der Waals surface area contributed by atoms with Crippen molar-refractivity contribution in [1.29, 1.82) is 0 Å². The molecular weight excluding hydrogens is 467 g/mol. The van der Waals surface area contributed by atoms with Crippen molar-refractivity contribution in [1.82, 2.24) is 0 Å². The molecule has 6 nitrogen and oxygen atoms in total. The lowest BCUT2D eigenvalue weighted by Crippen LogP contribution is -2.15. The normalized spacial score (nSPS) is 11.9. The average molecular weight is 485 g/mol. The maximum absolute atomic E-state index is 12.6. The summed E-state index contributed by atoms with van der Waals surface area (Å²) in [6.07, 6.45) is 0. The zero-order valence-corrected chi connectivity index (χ0v) is 19.1. The number of nitrogens with one attached hydrogen (secondary N) is 2. The molecule has 3 rings (SSSR count). The quantitative estimate of drug-likeness (QED) is 0.501. The summed E-state index contributed by atoms with van der Waals surface area (Å²) in [6.45, 7) is 3.69. The van der Waals surface area contributed by atoms with Gasteiger partial charge in [0.2, 0.25) is 0 Å². The molecule has 0 bridgehead atoms. The summed E-state index contributed by atoms with van der Waals surface area (Å²) in [5.74, 6) is 0. The van der Waals surface area contributed by atoms with E-state index >= 15 is 0 Å². The molecule has 10 heteroatoms. The van der Waals surface area contributed by atoms with Crippen molar-refractivity contribution in [2.75, 3.05) is 9.44 Å². The molecule has 2 N–H and O–H groups in total. The lowest BCUT2D eigenvalue weighted by Gasteiger charge is -2.14. The molecule has 0 atom stereocenters. The highest BCUT2D eigenvalue weighted by Gasteiger charge is 2.20. The van der Waals surface area contributed by atoms with Gasteiger partial charge in [-0.15, -0.1) is 0 Å². The molecule has 158 valence electrons. The van der Waals surface area contributed by atoms with Gasteiger partial charge in [-0.1, -0.05) is 58.6 Å². The maximum atomic E-state index is 12.6. The molecule has 0 saturated carbocycles. The van der Waals surface area contributed by atoms with Crippen molar-refractivity contribution in [2.45, 2.75) is 23.6 Å². The van der Waals surface area contributed by atoms with Crippen LogP contribution in [-0.2, 0) is 20.0 Å². The van der Waals surface area contributed by atoms with E-state index in [0.29, 0.717) is 0 Å². The Hall–Kier alpha value is -2.26. The van der Waals surface area contributed by atoms with Gasteiger partial charge in [0.05, 0.1) is 31.2 Å². The van der Waals surface area contributed by atoms with Gasteiger partial charge in [-0.05, 0) is 50.2 Å². The zero-order valence-electron chi connectivity index (χ0n) is 16.0. The number of benzene rings is 3. The van der Waals surface area contributed by atoms with E-state index in [1.807, 2.05) is 13.8 Å². The molecule has 0 aliphatic heterocycles. The molecule has 30 heavy (non-hydrogen) atoms. The van der Waals surface area contributed by atoms with Crippen LogP contribution in [0.3, 0.4) is 0 Å². The summed E-state index contributed by atoms with van der Waals surface area (Å²) in [5, 5.41) is -0.0339. The molecular formula is C20H18Cl2N2O4S2. The van der Waals surface area contributed by atoms with Crippen LogP contribution in [0, 0.1) is 13.8 Å². The lowest BCUT2D eigenvalue weighted by molar-refractivity contribution is 0.599. The Morgan fingerprint density at radius 3 is 1.20 bits per heavy atom. The Kier molecular flexibility index (Phi) is 6.33. The van der Waals surface area contributed by atoms with Crippen LogP contribution in [0.25, 0.3) is 0 Å². The zero-order chi connectivity index (χ0) is 22.1. The number of sulfonamides is 2. The fourth-order valence-electron chi connectivity index (χ4n) is 2.55. The topological polar surface area (TPSA) is 92.3 Å². The van der Waals surface area contributed by atoms with E-state index in [0.717, 1.165) is 11.1 Å². The van der Waals surface area contributed by atoms with Gasteiger partial charge in [-0.3, -0.25) is 9.44 Å². The van der Waals surface area contributed by atoms with Crippen LogP contribution >= 0.6 is 23.2 Å². The number of anilines is 2. The molecule has 0 amide bonds. The van der Waals surface area contributed by atoms with Crippen LogP contribution in [-0.4, -0.2) is 16.8 Å². The second-order valence-electron chi connectivity index (χ2n) is 6.65. The third-order valence-corrected chi connectivity index (χ3v) is 7.60. The van der Waals surface area contributed by atoms with Gasteiger partial charge in [-0.25, -0.2) is 16.8 Å². The van der Waals surface area contributed by atoms with Gasteiger partial charge >= 0.3 is 0 Å². The highest BCUT2D eigenvalue weighted by molar-refractivity contribution is 7.93. The van der Waals surface area contributed by atoms with E-state index < -0.39 is 20.0 Å². The molecule has 0 spiro atoms. The molecule has 3 aromatic rings. The fourth-order valence-corrected chi connectivity index (χ4v) is 5.22. The van der Waals surface area contributed by atoms with Gasteiger partial charge < -0.3 is 0 Å². The van der Waals surface area contributed by atoms with Crippen molar-refractivity contribution in [3.63, 3.8) is 0 Å². The van der Waals surface area contributed by atoms with E-state index in [4.69, 9.17) is 23.2 Å². The molecule has 0 saturated heterocycles. The first-order valence-electron chi connectivity index (χ1n) is 8.66. The number of halogens is 2. The van der Waals surface area contributed by atoms with Crippen LogP contribution in [0.5, 0.6) is 0 Å². The predicted molar refractivity (Wildman–Crippen MR) is 120 cm³/mol. The highest BCUT2D eigenvalue weighted by atomic mass is 35.5. The van der Waals surface area contributed by atoms with Crippen LogP contribution in [0.15, 0.2) is 70.5 Å². The second-order valence-corrected chi connectivity index (χ2v) is 10.8. The Labute approximate surface area is 186 Å². The summed E-state index contributed by atoms with van der Waals surface area (Å²) < 4.78 is 55.1. The van der Waals surface area contributed by atoms with Crippen molar-refractivity contribution in [3.05, 3.63) is 81.8 Å². The van der Waals surface area contributed by atoms with Crippen molar-refractivity contribution < 1.29 is 16.8 Å². The minimum Gasteiger partial charge on any atom is -0.278 e. The average Bonchev–Trinajstić information content (AvgIpc) is 2.66. The number of rotatable bonds is 6. The van der Waals surface area contributed by atoms with Crippen molar-refractivity contribution in [3.8, 4) is 0 Å². The summed E-state index contributed by atoms with van der Waals surface area (Å²) in [5.41, 5.74) is 1.89. The first kappa shape index (κ1) is 22.4. The minimum atomic E-state index is -3.90. The van der Waals surface area contributed by atoms with Crippen LogP contribution in [0.1, 0.15) is 11.1 Å². The van der Waals surface area contributed by atoms with Crippen LogP contribution < -0.4 is 9.44 Å². The summed E-state index contributed by atoms with van der Waals surface area (Å²) in [4.78, 5) is 0.119. The maximum Gasteiger partial charge on any atom is 0.261 e. The Morgan fingerprint density at radius 1 is 0.600 bits per heavy atom. The molecule has 0 unspecified atom stereocenters. The van der Waals surface area contributed by atoms with Gasteiger partial charge in [-0.2, -0.15) is 0 Å². The van der Waals surface area contributed by atoms with Gasteiger partial charge in [0.25, 0.3) is 20.0 Å². The third kappa shape index (κ3) is 5.07. The highest BCUT2D eigenvalue weighted by Crippen LogP contribution is 2.35. The predicted octanol–water partition coefficient (Wildman–Crippen LogP) is 5.21. The Balaban J connectivity index is 1.88. The first-order valence-corrected chi connectivity index (χ1v) is 12.4. The fraction of sp³-hybridized carbons (Fsp3) is 0.100. The first-order chi connectivity index (χ1) is 14.0. The van der Waals surface area contributed by atoms with E-state index in [1.54, 1.807) is 24.3 Å². The summed E-state index contributed by atoms with van der Waals surface area (Å²) in [7, 11) is -7.79. The molecule has 0 aliphatic carbocycles. The smallest absolute Gasteiger partial charge is 0.261 e. The number of aryl methyl sites for hydroxylation is 2. The molecule has 0 radical (unpaired) electrons. The summed E-state index contributed by atoms with van der Waals surface area (Å²) >= 11 is 12.4. The van der Waals surface area contributed by atoms with Crippen LogP contribution in [0.2, 0.25) is 10.0 Å². The standard InChI is InChI=1S/C20H18Cl2N2O4S2/c1-13-3-7-15(8-4-13)29(25,26)23-19-11-18(22)20(12-17(19)21)24-30(27,28)16-9-5-14(2)6-10-16/h3-12,23-24H,1-2H3. The minimum absolute atomic E-state index is 0.0170. The summed E-state index contributed by atoms with van der Waals surface area (Å²) in [6, 6.07) is 15.1. The van der Waals surface area contributed by atoms with Crippen LogP contribution in [0.4, 0.5) is 11.4 Å². The molecule has 0 aromatic heterocycles. The Bertz CT molecular complexity index is 1190. The van der Waals surface area contributed by atoms with E-state index in [-0.39, 0.29) is 31.2 Å². The van der Waals surface area contributed by atoms with E-state index in [1.165, 1.54) is 36.4 Å². The van der Waals surface area contributed by atoms with E-state index in [9.17, 15) is 16.8 Å². The monoisotopic (exact) mass is 484 g/mol. The Morgan fingerprint density at radius 2 is 0.900 bits per heavy atom. The van der Waals surface area contributed by atoms with Gasteiger partial charge in [0.1, 0.15) is 0 Å².